The van der Waals surface area contributed by atoms with Crippen LogP contribution < -0.4 is 31.1 Å². The number of nitrogens with one attached hydrogen (secondary N) is 4. The molecule has 35 heavy (non-hydrogen) atoms. The normalized spacial score (nSPS) is 21.4. The predicted octanol–water partition coefficient (Wildman–Crippen LogP) is 2.21. The van der Waals surface area contributed by atoms with Gasteiger partial charge >= 0.3 is 0 Å². The Bertz CT molecular complexity index is 1290. The number of anilines is 2. The Morgan fingerprint density at radius 1 is 1.11 bits per heavy atom. The molecular formula is C25H29N7O3. The molecule has 3 aromatic rings. The maximum Gasteiger partial charge on any atom is 0.260 e. The summed E-state index contributed by atoms with van der Waals surface area (Å²) in [6.07, 6.45) is -0.947. The topological polar surface area (TPSA) is 113 Å². The van der Waals surface area contributed by atoms with Gasteiger partial charge in [-0.3, -0.25) is 19.9 Å². The highest BCUT2D eigenvalue weighted by Crippen LogP contribution is 2.29. The number of amides is 2. The van der Waals surface area contributed by atoms with Crippen LogP contribution in [-0.4, -0.2) is 41.4 Å². The fraction of sp³-hybridized carbons (Fsp3) is 0.320. The largest absolute Gasteiger partial charge is 0.496 e. The number of ether oxygens (including phenoxy) is 1. The molecule has 10 heteroatoms. The number of rotatable bonds is 5. The van der Waals surface area contributed by atoms with Crippen molar-refractivity contribution in [1.29, 1.82) is 0 Å². The summed E-state index contributed by atoms with van der Waals surface area (Å²) in [5.41, 5.74) is 7.81. The van der Waals surface area contributed by atoms with E-state index in [1.807, 2.05) is 18.0 Å². The average Bonchev–Trinajstić information content (AvgIpc) is 3.44. The molecule has 0 bridgehead atoms. The minimum Gasteiger partial charge on any atom is -0.496 e. The molecule has 0 saturated carbocycles. The quantitative estimate of drug-likeness (QED) is 0.448. The van der Waals surface area contributed by atoms with Gasteiger partial charge in [-0.05, 0) is 56.2 Å². The van der Waals surface area contributed by atoms with Crippen LogP contribution >= 0.6 is 0 Å². The summed E-state index contributed by atoms with van der Waals surface area (Å²) in [4.78, 5) is 26.1. The van der Waals surface area contributed by atoms with Crippen LogP contribution in [0.25, 0.3) is 0 Å². The van der Waals surface area contributed by atoms with Crippen molar-refractivity contribution in [3.05, 3.63) is 70.9 Å². The van der Waals surface area contributed by atoms with Crippen molar-refractivity contribution < 1.29 is 14.3 Å². The van der Waals surface area contributed by atoms with Crippen LogP contribution in [0, 0.1) is 26.7 Å². The standard InChI is InChI=1S/C25H29N7O3/c1-14-9-10-17(11-15(14)2)31-22-19(13-26-31)24(34)29-25(28-22)32-21(12-16(3)30-32)27-23(33)18-7-5-6-8-20(18)35-4/h5-12,19,22,25-26,28H,13H2,1-4H3,(H,27,33)(H,29,34). The van der Waals surface area contributed by atoms with Crippen molar-refractivity contribution in [3.63, 3.8) is 0 Å². The van der Waals surface area contributed by atoms with E-state index in [0.717, 1.165) is 5.69 Å². The van der Waals surface area contributed by atoms with Crippen LogP contribution in [-0.2, 0) is 4.79 Å². The Hall–Kier alpha value is -3.89. The van der Waals surface area contributed by atoms with Gasteiger partial charge in [0.15, 0.2) is 6.29 Å². The molecule has 2 fully saturated rings. The molecule has 1 aromatic heterocycles. The molecular weight excluding hydrogens is 446 g/mol. The van der Waals surface area contributed by atoms with Crippen molar-refractivity contribution in [2.24, 2.45) is 5.92 Å². The third kappa shape index (κ3) is 4.22. The van der Waals surface area contributed by atoms with E-state index < -0.39 is 6.29 Å². The lowest BCUT2D eigenvalue weighted by Gasteiger charge is -2.37. The first-order valence-electron chi connectivity index (χ1n) is 11.5. The molecule has 2 saturated heterocycles. The number of nitrogens with zero attached hydrogens (tertiary/aromatic N) is 3. The smallest absolute Gasteiger partial charge is 0.260 e. The van der Waals surface area contributed by atoms with Gasteiger partial charge in [0, 0.05) is 12.6 Å². The molecule has 2 aromatic carbocycles. The van der Waals surface area contributed by atoms with Gasteiger partial charge in [0.2, 0.25) is 5.91 Å². The van der Waals surface area contributed by atoms with Gasteiger partial charge in [0.25, 0.3) is 5.91 Å². The second-order valence-corrected chi connectivity index (χ2v) is 8.90. The van der Waals surface area contributed by atoms with E-state index in [1.165, 1.54) is 18.2 Å². The Morgan fingerprint density at radius 3 is 2.69 bits per heavy atom. The van der Waals surface area contributed by atoms with Crippen LogP contribution in [0.15, 0.2) is 48.5 Å². The van der Waals surface area contributed by atoms with Crippen LogP contribution in [0.4, 0.5) is 11.5 Å². The monoisotopic (exact) mass is 475 g/mol. The molecule has 0 spiro atoms. The molecule has 4 N–H and O–H groups in total. The van der Waals surface area contributed by atoms with E-state index >= 15 is 0 Å². The number of hydrogen-bond donors (Lipinski definition) is 4. The lowest BCUT2D eigenvalue weighted by Crippen LogP contribution is -2.61. The lowest BCUT2D eigenvalue weighted by molar-refractivity contribution is -0.129. The highest BCUT2D eigenvalue weighted by atomic mass is 16.5. The fourth-order valence-corrected chi connectivity index (χ4v) is 4.54. The molecule has 5 rings (SSSR count). The number of carbonyl (C=O) groups excluding carboxylic acids is 2. The van der Waals surface area contributed by atoms with Crippen LogP contribution in [0.1, 0.15) is 33.5 Å². The molecule has 3 unspecified atom stereocenters. The van der Waals surface area contributed by atoms with Crippen molar-refractivity contribution in [3.8, 4) is 5.75 Å². The minimum atomic E-state index is -0.653. The zero-order valence-corrected chi connectivity index (χ0v) is 20.1. The summed E-state index contributed by atoms with van der Waals surface area (Å²) >= 11 is 0. The van der Waals surface area contributed by atoms with E-state index in [2.05, 4.69) is 52.5 Å². The van der Waals surface area contributed by atoms with Gasteiger partial charge in [-0.25, -0.2) is 10.1 Å². The summed E-state index contributed by atoms with van der Waals surface area (Å²) in [5.74, 6) is 0.228. The second kappa shape index (κ2) is 9.05. The Labute approximate surface area is 203 Å². The summed E-state index contributed by atoms with van der Waals surface area (Å²) in [6, 6.07) is 15.0. The molecule has 3 atom stereocenters. The van der Waals surface area contributed by atoms with E-state index in [-0.39, 0.29) is 23.9 Å². The molecule has 2 aliphatic heterocycles. The van der Waals surface area contributed by atoms with Crippen LogP contribution in [0.2, 0.25) is 0 Å². The SMILES string of the molecule is COc1ccccc1C(=O)Nc1cc(C)nn1C1NC(=O)C2CNN(c3ccc(C)c(C)c3)C2N1. The molecule has 0 aliphatic carbocycles. The van der Waals surface area contributed by atoms with Gasteiger partial charge in [0.05, 0.1) is 30.0 Å². The molecule has 2 amide bonds. The van der Waals surface area contributed by atoms with Gasteiger partial charge in [-0.1, -0.05) is 18.2 Å². The molecule has 0 radical (unpaired) electrons. The van der Waals surface area contributed by atoms with Gasteiger partial charge < -0.3 is 15.4 Å². The van der Waals surface area contributed by atoms with E-state index in [1.54, 1.807) is 35.0 Å². The highest BCUT2D eigenvalue weighted by molar-refractivity contribution is 6.05. The first kappa shape index (κ1) is 22.9. The number of aromatic nitrogens is 2. The zero-order valence-electron chi connectivity index (χ0n) is 20.1. The number of hydrazine groups is 1. The predicted molar refractivity (Wildman–Crippen MR) is 132 cm³/mol. The van der Waals surface area contributed by atoms with Crippen LogP contribution in [0.5, 0.6) is 5.75 Å². The maximum absolute atomic E-state index is 13.0. The summed E-state index contributed by atoms with van der Waals surface area (Å²) in [7, 11) is 1.52. The van der Waals surface area contributed by atoms with Crippen LogP contribution in [0.3, 0.4) is 0 Å². The highest BCUT2D eigenvalue weighted by Gasteiger charge is 2.45. The Balaban J connectivity index is 1.41. The third-order valence-corrected chi connectivity index (χ3v) is 6.55. The first-order chi connectivity index (χ1) is 16.9. The molecule has 10 nitrogen and oxygen atoms in total. The Kier molecular flexibility index (Phi) is 5.91. The average molecular weight is 476 g/mol. The number of fused-ring (bicyclic) bond motifs is 1. The number of carbonyl (C=O) groups is 2. The number of aryl methyl sites for hydroxylation is 3. The Morgan fingerprint density at radius 2 is 1.91 bits per heavy atom. The zero-order chi connectivity index (χ0) is 24.7. The molecule has 182 valence electrons. The number of methoxy groups -OCH3 is 1. The van der Waals surface area contributed by atoms with E-state index in [9.17, 15) is 9.59 Å². The maximum atomic E-state index is 13.0. The van der Waals surface area contributed by atoms with Gasteiger partial charge in [-0.2, -0.15) is 5.10 Å². The lowest BCUT2D eigenvalue weighted by atomic mass is 10.0. The second-order valence-electron chi connectivity index (χ2n) is 8.90. The number of para-hydroxylation sites is 1. The molecule has 3 heterocycles. The van der Waals surface area contributed by atoms with Crippen molar-refractivity contribution >= 4 is 23.3 Å². The molecule has 2 aliphatic rings. The van der Waals surface area contributed by atoms with Crippen molar-refractivity contribution in [1.82, 2.24) is 25.8 Å². The summed E-state index contributed by atoms with van der Waals surface area (Å²) < 4.78 is 6.91. The summed E-state index contributed by atoms with van der Waals surface area (Å²) in [5, 5.41) is 15.9. The van der Waals surface area contributed by atoms with Crippen molar-refractivity contribution in [2.75, 3.05) is 24.0 Å². The number of benzene rings is 2. The fourth-order valence-electron chi connectivity index (χ4n) is 4.54. The van der Waals surface area contributed by atoms with Crippen molar-refractivity contribution in [2.45, 2.75) is 33.2 Å². The minimum absolute atomic E-state index is 0.0901. The summed E-state index contributed by atoms with van der Waals surface area (Å²) in [6.45, 7) is 6.49. The first-order valence-corrected chi connectivity index (χ1v) is 11.5. The van der Waals surface area contributed by atoms with E-state index in [4.69, 9.17) is 4.74 Å². The number of hydrogen-bond acceptors (Lipinski definition) is 7. The van der Waals surface area contributed by atoms with Gasteiger partial charge in [0.1, 0.15) is 17.7 Å². The van der Waals surface area contributed by atoms with Gasteiger partial charge in [-0.15, -0.1) is 0 Å². The van der Waals surface area contributed by atoms with E-state index in [0.29, 0.717) is 29.4 Å². The third-order valence-electron chi connectivity index (χ3n) is 6.55.